The Morgan fingerprint density at radius 1 is 1.00 bits per heavy atom. The maximum atomic E-state index is 9.31. The highest BCUT2D eigenvalue weighted by molar-refractivity contribution is 6.58. The van der Waals surface area contributed by atoms with Gasteiger partial charge < -0.3 is 24.3 Å². The van der Waals surface area contributed by atoms with E-state index in [4.69, 9.17) is 14.2 Å². The largest absolute Gasteiger partial charge is 0.488 e. The van der Waals surface area contributed by atoms with E-state index in [2.05, 4.69) is 0 Å². The number of hydrogen-bond acceptors (Lipinski definition) is 5. The predicted molar refractivity (Wildman–Crippen MR) is 83.8 cm³/mol. The van der Waals surface area contributed by atoms with Gasteiger partial charge in [0, 0.05) is 19.8 Å². The third kappa shape index (κ3) is 4.08. The molecule has 0 radical (unpaired) electrons. The van der Waals surface area contributed by atoms with E-state index in [1.807, 2.05) is 30.3 Å². The first-order chi connectivity index (χ1) is 10.7. The summed E-state index contributed by atoms with van der Waals surface area (Å²) in [5, 5.41) is 18.6. The maximum absolute atomic E-state index is 9.31. The molecule has 0 bridgehead atoms. The van der Waals surface area contributed by atoms with Crippen molar-refractivity contribution in [3.8, 4) is 5.75 Å². The van der Waals surface area contributed by atoms with E-state index < -0.39 is 13.4 Å². The molecule has 0 heterocycles. The van der Waals surface area contributed by atoms with Gasteiger partial charge in [-0.1, -0.05) is 42.5 Å². The minimum atomic E-state index is -1.56. The van der Waals surface area contributed by atoms with Gasteiger partial charge in [0.15, 0.2) is 6.29 Å². The van der Waals surface area contributed by atoms with Gasteiger partial charge in [0.05, 0.1) is 0 Å². The smallest absolute Gasteiger partial charge is 0.488 e. The monoisotopic (exact) mass is 302 g/mol. The molecule has 2 rings (SSSR count). The summed E-state index contributed by atoms with van der Waals surface area (Å²) in [4.78, 5) is 0. The molecule has 2 aromatic carbocycles. The van der Waals surface area contributed by atoms with Crippen LogP contribution in [0.25, 0.3) is 0 Å². The van der Waals surface area contributed by atoms with Crippen LogP contribution in [0.1, 0.15) is 17.4 Å². The summed E-state index contributed by atoms with van der Waals surface area (Å²) in [5.74, 6) is 0.571. The molecule has 0 fully saturated rings. The highest BCUT2D eigenvalue weighted by Crippen LogP contribution is 2.27. The SMILES string of the molecule is COC(OC)c1cc(B(O)O)ccc1OCc1ccccc1. The Morgan fingerprint density at radius 2 is 1.68 bits per heavy atom. The quantitative estimate of drug-likeness (QED) is 0.595. The molecule has 116 valence electrons. The van der Waals surface area contributed by atoms with Gasteiger partial charge in [0.2, 0.25) is 0 Å². The second kappa shape index (κ2) is 7.96. The molecule has 0 aliphatic carbocycles. The van der Waals surface area contributed by atoms with E-state index in [0.29, 0.717) is 23.4 Å². The summed E-state index contributed by atoms with van der Waals surface area (Å²) in [6, 6.07) is 14.6. The summed E-state index contributed by atoms with van der Waals surface area (Å²) < 4.78 is 16.3. The van der Waals surface area contributed by atoms with Crippen molar-refractivity contribution in [2.45, 2.75) is 12.9 Å². The van der Waals surface area contributed by atoms with Gasteiger partial charge in [-0.05, 0) is 17.1 Å². The number of methoxy groups -OCH3 is 2. The molecule has 6 heteroatoms. The van der Waals surface area contributed by atoms with Crippen LogP contribution in [-0.2, 0) is 16.1 Å². The van der Waals surface area contributed by atoms with Gasteiger partial charge in [-0.25, -0.2) is 0 Å². The summed E-state index contributed by atoms with van der Waals surface area (Å²) >= 11 is 0. The van der Waals surface area contributed by atoms with Crippen LogP contribution < -0.4 is 10.2 Å². The lowest BCUT2D eigenvalue weighted by atomic mass is 9.79. The third-order valence-electron chi connectivity index (χ3n) is 3.25. The molecule has 0 aliphatic heterocycles. The zero-order valence-electron chi connectivity index (χ0n) is 12.6. The van der Waals surface area contributed by atoms with Gasteiger partial charge in [-0.2, -0.15) is 0 Å². The standard InChI is InChI=1S/C16H19BO5/c1-20-16(21-2)14-10-13(17(18)19)8-9-15(14)22-11-12-6-4-3-5-7-12/h3-10,16,18-19H,11H2,1-2H3. The first kappa shape index (κ1) is 16.5. The van der Waals surface area contributed by atoms with Crippen LogP contribution >= 0.6 is 0 Å². The Balaban J connectivity index is 2.25. The molecular formula is C16H19BO5. The summed E-state index contributed by atoms with van der Waals surface area (Å²) in [7, 11) is 1.46. The Kier molecular flexibility index (Phi) is 5.97. The van der Waals surface area contributed by atoms with Crippen LogP contribution in [0.2, 0.25) is 0 Å². The van der Waals surface area contributed by atoms with Gasteiger partial charge >= 0.3 is 7.12 Å². The van der Waals surface area contributed by atoms with Crippen LogP contribution in [0, 0.1) is 0 Å². The number of ether oxygens (including phenoxy) is 3. The van der Waals surface area contributed by atoms with E-state index in [0.717, 1.165) is 5.56 Å². The number of rotatable bonds is 7. The minimum absolute atomic E-state index is 0.348. The Labute approximate surface area is 130 Å². The van der Waals surface area contributed by atoms with Crippen LogP contribution in [0.15, 0.2) is 48.5 Å². The van der Waals surface area contributed by atoms with E-state index in [1.165, 1.54) is 14.2 Å². The van der Waals surface area contributed by atoms with Crippen molar-refractivity contribution >= 4 is 12.6 Å². The molecule has 0 unspecified atom stereocenters. The van der Waals surface area contributed by atoms with Crippen molar-refractivity contribution in [3.05, 3.63) is 59.7 Å². The van der Waals surface area contributed by atoms with Crippen LogP contribution in [0.5, 0.6) is 5.75 Å². The molecule has 0 spiro atoms. The Hall–Kier alpha value is -1.86. The zero-order chi connectivity index (χ0) is 15.9. The number of benzene rings is 2. The van der Waals surface area contributed by atoms with E-state index in [1.54, 1.807) is 18.2 Å². The Bertz CT molecular complexity index is 584. The molecule has 0 amide bonds. The van der Waals surface area contributed by atoms with E-state index >= 15 is 0 Å². The molecule has 2 aromatic rings. The lowest BCUT2D eigenvalue weighted by Gasteiger charge is -2.19. The maximum Gasteiger partial charge on any atom is 0.488 e. The fourth-order valence-electron chi connectivity index (χ4n) is 2.13. The third-order valence-corrected chi connectivity index (χ3v) is 3.25. The second-order valence-electron chi connectivity index (χ2n) is 4.75. The molecule has 22 heavy (non-hydrogen) atoms. The summed E-state index contributed by atoms with van der Waals surface area (Å²) in [5.41, 5.74) is 1.98. The first-order valence-corrected chi connectivity index (χ1v) is 6.88. The van der Waals surface area contributed by atoms with Gasteiger partial charge in [-0.3, -0.25) is 0 Å². The van der Waals surface area contributed by atoms with Crippen LogP contribution in [0.4, 0.5) is 0 Å². The first-order valence-electron chi connectivity index (χ1n) is 6.88. The lowest BCUT2D eigenvalue weighted by molar-refractivity contribution is -0.107. The Morgan fingerprint density at radius 3 is 2.27 bits per heavy atom. The molecule has 0 aliphatic rings. The van der Waals surface area contributed by atoms with Crippen molar-refractivity contribution in [2.24, 2.45) is 0 Å². The van der Waals surface area contributed by atoms with Gasteiger partial charge in [-0.15, -0.1) is 0 Å². The van der Waals surface area contributed by atoms with E-state index in [-0.39, 0.29) is 0 Å². The molecule has 5 nitrogen and oxygen atoms in total. The van der Waals surface area contributed by atoms with Crippen molar-refractivity contribution in [2.75, 3.05) is 14.2 Å². The normalized spacial score (nSPS) is 10.8. The fourth-order valence-corrected chi connectivity index (χ4v) is 2.13. The zero-order valence-corrected chi connectivity index (χ0v) is 12.6. The molecule has 0 saturated carbocycles. The van der Waals surface area contributed by atoms with Crippen molar-refractivity contribution in [1.82, 2.24) is 0 Å². The summed E-state index contributed by atoms with van der Waals surface area (Å²) in [6.07, 6.45) is -0.649. The fraction of sp³-hybridized carbons (Fsp3) is 0.250. The van der Waals surface area contributed by atoms with Gasteiger partial charge in [0.1, 0.15) is 12.4 Å². The lowest BCUT2D eigenvalue weighted by Crippen LogP contribution is -2.30. The highest BCUT2D eigenvalue weighted by atomic mass is 16.7. The predicted octanol–water partition coefficient (Wildman–Crippen LogP) is 1.24. The minimum Gasteiger partial charge on any atom is -0.488 e. The van der Waals surface area contributed by atoms with Gasteiger partial charge in [0.25, 0.3) is 0 Å². The van der Waals surface area contributed by atoms with E-state index in [9.17, 15) is 10.0 Å². The topological polar surface area (TPSA) is 68.2 Å². The molecule has 0 saturated heterocycles. The summed E-state index contributed by atoms with van der Waals surface area (Å²) in [6.45, 7) is 0.398. The van der Waals surface area contributed by atoms with Crippen LogP contribution in [-0.4, -0.2) is 31.4 Å². The van der Waals surface area contributed by atoms with Crippen molar-refractivity contribution in [3.63, 3.8) is 0 Å². The van der Waals surface area contributed by atoms with Crippen LogP contribution in [0.3, 0.4) is 0 Å². The molecule has 0 atom stereocenters. The second-order valence-corrected chi connectivity index (χ2v) is 4.75. The highest BCUT2D eigenvalue weighted by Gasteiger charge is 2.20. The molecule has 0 aromatic heterocycles. The van der Waals surface area contributed by atoms with Crippen molar-refractivity contribution < 1.29 is 24.3 Å². The number of hydrogen-bond donors (Lipinski definition) is 2. The molecular weight excluding hydrogens is 283 g/mol. The average Bonchev–Trinajstić information content (AvgIpc) is 2.55. The molecule has 2 N–H and O–H groups in total. The average molecular weight is 302 g/mol. The van der Waals surface area contributed by atoms with Crippen molar-refractivity contribution in [1.29, 1.82) is 0 Å².